The Morgan fingerprint density at radius 1 is 1.29 bits per heavy atom. The van der Waals surface area contributed by atoms with Crippen LogP contribution in [0.25, 0.3) is 11.1 Å². The van der Waals surface area contributed by atoms with E-state index in [0.29, 0.717) is 18.3 Å². The molecule has 2 aromatic heterocycles. The fraction of sp³-hybridized carbons (Fsp3) is 0.320. The normalized spacial score (nSPS) is 21.8. The second kappa shape index (κ2) is 8.02. The first-order valence-corrected chi connectivity index (χ1v) is 11.4. The summed E-state index contributed by atoms with van der Waals surface area (Å²) in [5.74, 6) is 0.0607. The summed E-state index contributed by atoms with van der Waals surface area (Å²) in [4.78, 5) is 19.0. The molecule has 0 radical (unpaired) electrons. The van der Waals surface area contributed by atoms with Gasteiger partial charge in [0.2, 0.25) is 0 Å². The van der Waals surface area contributed by atoms with Crippen molar-refractivity contribution in [3.05, 3.63) is 92.3 Å². The third kappa shape index (κ3) is 3.47. The molecule has 0 bridgehead atoms. The van der Waals surface area contributed by atoms with Gasteiger partial charge in [0, 0.05) is 48.6 Å². The zero-order valence-electron chi connectivity index (χ0n) is 18.5. The lowest BCUT2D eigenvalue weighted by atomic mass is 9.94. The van der Waals surface area contributed by atoms with E-state index in [0.717, 1.165) is 37.6 Å². The summed E-state index contributed by atoms with van der Waals surface area (Å²) >= 11 is 0. The Labute approximate surface area is 195 Å². The number of allylic oxidation sites excluding steroid dienone is 1. The highest BCUT2D eigenvalue weighted by atomic mass is 19.1. The fourth-order valence-electron chi connectivity index (χ4n) is 5.23. The average molecular weight is 463 g/mol. The van der Waals surface area contributed by atoms with Gasteiger partial charge in [0.25, 0.3) is 5.56 Å². The minimum Gasteiger partial charge on any atom is -0.487 e. The van der Waals surface area contributed by atoms with Crippen LogP contribution in [0.3, 0.4) is 0 Å². The van der Waals surface area contributed by atoms with Crippen LogP contribution in [-0.4, -0.2) is 44.9 Å². The highest BCUT2D eigenvalue weighted by Gasteiger charge is 2.39. The molecule has 0 spiro atoms. The molecule has 1 atom stereocenters. The summed E-state index contributed by atoms with van der Waals surface area (Å²) < 4.78 is 35.7. The topological polar surface area (TPSA) is 64.5 Å². The number of hydrogen-bond acceptors (Lipinski definition) is 4. The second-order valence-corrected chi connectivity index (χ2v) is 8.95. The molecule has 0 aliphatic carbocycles. The minimum absolute atomic E-state index is 0.0382. The largest absolute Gasteiger partial charge is 0.487 e. The molecule has 6 rings (SSSR count). The van der Waals surface area contributed by atoms with E-state index in [-0.39, 0.29) is 23.6 Å². The maximum atomic E-state index is 13.8. The van der Waals surface area contributed by atoms with Crippen molar-refractivity contribution in [1.82, 2.24) is 14.5 Å². The van der Waals surface area contributed by atoms with E-state index in [1.165, 1.54) is 40.3 Å². The number of hydrogen-bond donors (Lipinski definition) is 0. The summed E-state index contributed by atoms with van der Waals surface area (Å²) in [6, 6.07) is 4.26. The van der Waals surface area contributed by atoms with Crippen molar-refractivity contribution in [2.45, 2.75) is 38.3 Å². The molecule has 0 amide bonds. The van der Waals surface area contributed by atoms with Crippen LogP contribution in [-0.2, 0) is 6.61 Å². The molecule has 174 valence electrons. The van der Waals surface area contributed by atoms with Crippen molar-refractivity contribution in [2.75, 3.05) is 13.1 Å². The number of fused-ring (bicyclic) bond motifs is 2. The van der Waals surface area contributed by atoms with Crippen LogP contribution in [0.15, 0.2) is 64.1 Å². The van der Waals surface area contributed by atoms with Gasteiger partial charge >= 0.3 is 0 Å². The second-order valence-electron chi connectivity index (χ2n) is 8.95. The van der Waals surface area contributed by atoms with E-state index in [1.54, 1.807) is 12.3 Å². The standard InChI is InChI=1S/C25H23F2N5O2/c1-30-22-10-16-3-2-7-31(16)13-19(22)18-4-5-23(29-25(18)30)32-8-6-17(11-24(32)33)34-14-21-20(27)9-15(26)12-28-21/h5-6,8-9,11-12,16H,1-4,7,10,13-14H2. The summed E-state index contributed by atoms with van der Waals surface area (Å²) in [5.41, 5.74) is 3.42. The van der Waals surface area contributed by atoms with Gasteiger partial charge in [-0.25, -0.2) is 14.1 Å². The molecule has 1 fully saturated rings. The average Bonchev–Trinajstić information content (AvgIpc) is 3.39. The van der Waals surface area contributed by atoms with Gasteiger partial charge in [-0.05, 0) is 50.2 Å². The molecule has 1 unspecified atom stereocenters. The monoisotopic (exact) mass is 463 g/mol. The Hall–Kier alpha value is -3.59. The van der Waals surface area contributed by atoms with E-state index in [1.807, 2.05) is 10.7 Å². The van der Waals surface area contributed by atoms with Crippen LogP contribution >= 0.6 is 0 Å². The summed E-state index contributed by atoms with van der Waals surface area (Å²) in [6.07, 6.45) is 8.62. The fourth-order valence-corrected chi connectivity index (χ4v) is 5.23. The summed E-state index contributed by atoms with van der Waals surface area (Å²) in [5, 5.41) is 4.79. The molecule has 0 saturated carbocycles. The van der Waals surface area contributed by atoms with Crippen LogP contribution < -0.4 is 10.3 Å². The first-order valence-electron chi connectivity index (χ1n) is 11.4. The lowest BCUT2D eigenvalue weighted by Crippen LogP contribution is -2.36. The van der Waals surface area contributed by atoms with Crippen molar-refractivity contribution in [3.63, 3.8) is 0 Å². The summed E-state index contributed by atoms with van der Waals surface area (Å²) in [7, 11) is 0. The molecule has 4 aliphatic heterocycles. The van der Waals surface area contributed by atoms with Gasteiger partial charge in [-0.3, -0.25) is 19.2 Å². The van der Waals surface area contributed by atoms with E-state index < -0.39 is 11.6 Å². The molecule has 34 heavy (non-hydrogen) atoms. The van der Waals surface area contributed by atoms with Crippen LogP contribution in [0.2, 0.25) is 0 Å². The zero-order chi connectivity index (χ0) is 23.4. The maximum Gasteiger partial charge on any atom is 0.259 e. The molecule has 2 aromatic rings. The van der Waals surface area contributed by atoms with Crippen molar-refractivity contribution in [2.24, 2.45) is 0 Å². The van der Waals surface area contributed by atoms with Gasteiger partial charge in [-0.2, -0.15) is 0 Å². The molecular formula is C25H23F2N5O2. The maximum absolute atomic E-state index is 13.8. The Balaban J connectivity index is 1.17. The van der Waals surface area contributed by atoms with Crippen LogP contribution in [0.1, 0.15) is 31.4 Å². The SMILES string of the molecule is C=[N+]1C2=C(CN3CCCC3C2)C2=C1[N-]C(n1ccc(OCc3ncc(F)cc3F)cc1=O)=CC2. The summed E-state index contributed by atoms with van der Waals surface area (Å²) in [6.45, 7) is 6.13. The predicted octanol–water partition coefficient (Wildman–Crippen LogP) is 3.74. The third-order valence-electron chi connectivity index (χ3n) is 6.96. The smallest absolute Gasteiger partial charge is 0.259 e. The Morgan fingerprint density at radius 2 is 2.18 bits per heavy atom. The van der Waals surface area contributed by atoms with E-state index in [4.69, 9.17) is 10.1 Å². The Bertz CT molecular complexity index is 1370. The number of aromatic nitrogens is 2. The minimum atomic E-state index is -0.797. The molecule has 9 heteroatoms. The molecule has 4 aliphatic rings. The van der Waals surface area contributed by atoms with Crippen molar-refractivity contribution >= 4 is 12.5 Å². The van der Waals surface area contributed by atoms with Gasteiger partial charge < -0.3 is 9.31 Å². The lowest BCUT2D eigenvalue weighted by Gasteiger charge is -2.31. The highest BCUT2D eigenvalue weighted by Crippen LogP contribution is 2.45. The van der Waals surface area contributed by atoms with Gasteiger partial charge in [-0.15, -0.1) is 0 Å². The van der Waals surface area contributed by atoms with Crippen molar-refractivity contribution in [3.8, 4) is 5.75 Å². The molecule has 0 N–H and O–H groups in total. The Morgan fingerprint density at radius 3 is 3.00 bits per heavy atom. The number of pyridine rings is 2. The molecule has 0 aromatic carbocycles. The molecular weight excluding hydrogens is 440 g/mol. The number of ether oxygens (including phenoxy) is 1. The quantitative estimate of drug-likeness (QED) is 0.648. The number of halogens is 2. The van der Waals surface area contributed by atoms with E-state index >= 15 is 0 Å². The number of rotatable bonds is 4. The van der Waals surface area contributed by atoms with E-state index in [2.05, 4.69) is 16.6 Å². The molecule has 7 nitrogen and oxygen atoms in total. The van der Waals surface area contributed by atoms with Crippen molar-refractivity contribution < 1.29 is 18.1 Å². The predicted molar refractivity (Wildman–Crippen MR) is 122 cm³/mol. The van der Waals surface area contributed by atoms with Crippen LogP contribution in [0, 0.1) is 11.6 Å². The van der Waals surface area contributed by atoms with Gasteiger partial charge in [-0.1, -0.05) is 0 Å². The number of nitrogens with zero attached hydrogens (tertiary/aromatic N) is 5. The zero-order valence-corrected chi connectivity index (χ0v) is 18.5. The lowest BCUT2D eigenvalue weighted by molar-refractivity contribution is -0.410. The van der Waals surface area contributed by atoms with Gasteiger partial charge in [0.1, 0.15) is 35.5 Å². The van der Waals surface area contributed by atoms with Crippen LogP contribution in [0.5, 0.6) is 5.75 Å². The van der Waals surface area contributed by atoms with Crippen molar-refractivity contribution in [1.29, 1.82) is 0 Å². The van der Waals surface area contributed by atoms with Gasteiger partial charge in [0.15, 0.2) is 5.82 Å². The van der Waals surface area contributed by atoms with Crippen LogP contribution in [0.4, 0.5) is 8.78 Å². The first-order chi connectivity index (χ1) is 16.5. The molecule has 6 heterocycles. The third-order valence-corrected chi connectivity index (χ3v) is 6.96. The molecule has 1 saturated heterocycles. The van der Waals surface area contributed by atoms with Gasteiger partial charge in [0.05, 0.1) is 6.20 Å². The van der Waals surface area contributed by atoms with E-state index in [9.17, 15) is 13.6 Å². The highest BCUT2D eigenvalue weighted by molar-refractivity contribution is 5.68. The first kappa shape index (κ1) is 21.0. The Kier molecular flexibility index (Phi) is 4.95.